The smallest absolute Gasteiger partial charge is 0.341 e. The van der Waals surface area contributed by atoms with Crippen molar-refractivity contribution in [2.75, 3.05) is 28.4 Å². The molecule has 2 aromatic rings. The van der Waals surface area contributed by atoms with E-state index in [4.69, 9.17) is 14.2 Å². The summed E-state index contributed by atoms with van der Waals surface area (Å²) in [4.78, 5) is 11.7. The Hall–Kier alpha value is -2.89. The van der Waals surface area contributed by atoms with Crippen LogP contribution in [-0.2, 0) is 4.74 Å². The maximum atomic E-state index is 11.7. The highest BCUT2D eigenvalue weighted by molar-refractivity contribution is 5.94. The first-order valence-electron chi connectivity index (χ1n) is 6.78. The van der Waals surface area contributed by atoms with Gasteiger partial charge in [-0.2, -0.15) is 0 Å². The van der Waals surface area contributed by atoms with Gasteiger partial charge in [-0.1, -0.05) is 6.07 Å². The molecule has 1 N–H and O–H groups in total. The summed E-state index contributed by atoms with van der Waals surface area (Å²) in [6.45, 7) is 0. The van der Waals surface area contributed by atoms with Crippen LogP contribution < -0.4 is 14.2 Å². The molecular formula is C17H18O6. The lowest BCUT2D eigenvalue weighted by Gasteiger charge is -2.16. The molecule has 0 aliphatic heterocycles. The van der Waals surface area contributed by atoms with E-state index in [1.54, 1.807) is 18.2 Å². The molecule has 122 valence electrons. The first kappa shape index (κ1) is 16.5. The fraction of sp³-hybridized carbons (Fsp3) is 0.235. The molecule has 0 saturated heterocycles. The van der Waals surface area contributed by atoms with Crippen molar-refractivity contribution in [2.24, 2.45) is 0 Å². The molecule has 0 aromatic heterocycles. The quantitative estimate of drug-likeness (QED) is 0.855. The van der Waals surface area contributed by atoms with Gasteiger partial charge in [0.1, 0.15) is 11.3 Å². The number of benzene rings is 2. The Kier molecular flexibility index (Phi) is 4.95. The molecule has 0 radical (unpaired) electrons. The van der Waals surface area contributed by atoms with E-state index in [-0.39, 0.29) is 11.3 Å². The second-order valence-corrected chi connectivity index (χ2v) is 4.61. The van der Waals surface area contributed by atoms with Crippen LogP contribution >= 0.6 is 0 Å². The van der Waals surface area contributed by atoms with Gasteiger partial charge in [-0.25, -0.2) is 4.79 Å². The first-order chi connectivity index (χ1) is 11.1. The molecule has 0 atom stereocenters. The average molecular weight is 318 g/mol. The van der Waals surface area contributed by atoms with Gasteiger partial charge in [-0.05, 0) is 29.8 Å². The van der Waals surface area contributed by atoms with Crippen LogP contribution in [0, 0.1) is 0 Å². The molecule has 0 heterocycles. The Morgan fingerprint density at radius 3 is 2.17 bits per heavy atom. The maximum Gasteiger partial charge on any atom is 0.341 e. The predicted molar refractivity (Wildman–Crippen MR) is 84.5 cm³/mol. The van der Waals surface area contributed by atoms with Crippen molar-refractivity contribution in [3.05, 3.63) is 35.9 Å². The van der Waals surface area contributed by atoms with E-state index in [2.05, 4.69) is 4.74 Å². The third-order valence-electron chi connectivity index (χ3n) is 3.42. The van der Waals surface area contributed by atoms with E-state index in [1.807, 2.05) is 0 Å². The van der Waals surface area contributed by atoms with Gasteiger partial charge in [0.15, 0.2) is 11.5 Å². The van der Waals surface area contributed by atoms with Crippen LogP contribution in [0.3, 0.4) is 0 Å². The summed E-state index contributed by atoms with van der Waals surface area (Å²) in [6, 6.07) is 8.16. The zero-order chi connectivity index (χ0) is 17.0. The molecule has 0 aliphatic carbocycles. The third-order valence-corrected chi connectivity index (χ3v) is 3.42. The second-order valence-electron chi connectivity index (χ2n) is 4.61. The molecule has 23 heavy (non-hydrogen) atoms. The molecule has 2 rings (SSSR count). The summed E-state index contributed by atoms with van der Waals surface area (Å²) in [5, 5.41) is 9.82. The lowest BCUT2D eigenvalue weighted by molar-refractivity contribution is 0.0597. The van der Waals surface area contributed by atoms with Crippen molar-refractivity contribution in [1.29, 1.82) is 0 Å². The standard InChI is InChI=1S/C17H18O6/c1-20-14-8-6-11(15(21-2)16(14)22-3)10-5-7-13(18)12(9-10)17(19)23-4/h5-9,18H,1-4H3. The Labute approximate surface area is 134 Å². The van der Waals surface area contributed by atoms with Crippen LogP contribution in [0.1, 0.15) is 10.4 Å². The van der Waals surface area contributed by atoms with Crippen molar-refractivity contribution >= 4 is 5.97 Å². The zero-order valence-corrected chi connectivity index (χ0v) is 13.4. The molecule has 0 spiro atoms. The average Bonchev–Trinajstić information content (AvgIpc) is 2.59. The van der Waals surface area contributed by atoms with Crippen molar-refractivity contribution in [2.45, 2.75) is 0 Å². The van der Waals surface area contributed by atoms with Crippen molar-refractivity contribution < 1.29 is 28.8 Å². The maximum absolute atomic E-state index is 11.7. The first-order valence-corrected chi connectivity index (χ1v) is 6.78. The number of aromatic hydroxyl groups is 1. The number of hydrogen-bond acceptors (Lipinski definition) is 6. The van der Waals surface area contributed by atoms with Crippen LogP contribution in [-0.4, -0.2) is 39.5 Å². The summed E-state index contributed by atoms with van der Waals surface area (Å²) < 4.78 is 20.7. The SMILES string of the molecule is COC(=O)c1cc(-c2ccc(OC)c(OC)c2OC)ccc1O. The number of phenols is 1. The Morgan fingerprint density at radius 2 is 1.61 bits per heavy atom. The highest BCUT2D eigenvalue weighted by atomic mass is 16.5. The summed E-state index contributed by atoms with van der Waals surface area (Å²) >= 11 is 0. The molecule has 6 nitrogen and oxygen atoms in total. The van der Waals surface area contributed by atoms with Gasteiger partial charge in [0.2, 0.25) is 5.75 Å². The molecular weight excluding hydrogens is 300 g/mol. The zero-order valence-electron chi connectivity index (χ0n) is 13.4. The fourth-order valence-electron chi connectivity index (χ4n) is 2.31. The molecule has 6 heteroatoms. The number of ether oxygens (including phenoxy) is 4. The van der Waals surface area contributed by atoms with Gasteiger partial charge in [0.25, 0.3) is 0 Å². The number of carbonyl (C=O) groups is 1. The highest BCUT2D eigenvalue weighted by Crippen LogP contribution is 2.44. The van der Waals surface area contributed by atoms with E-state index in [1.165, 1.54) is 40.6 Å². The minimum Gasteiger partial charge on any atom is -0.507 e. The Morgan fingerprint density at radius 1 is 0.913 bits per heavy atom. The van der Waals surface area contributed by atoms with E-state index in [9.17, 15) is 9.90 Å². The second kappa shape index (κ2) is 6.91. The van der Waals surface area contributed by atoms with Crippen LogP contribution in [0.2, 0.25) is 0 Å². The van der Waals surface area contributed by atoms with E-state index in [0.29, 0.717) is 28.4 Å². The summed E-state index contributed by atoms with van der Waals surface area (Å²) in [7, 11) is 5.82. The summed E-state index contributed by atoms with van der Waals surface area (Å²) in [5.74, 6) is 0.664. The minimum absolute atomic E-state index is 0.0711. The number of carbonyl (C=O) groups excluding carboxylic acids is 1. The lowest BCUT2D eigenvalue weighted by atomic mass is 10.0. The summed E-state index contributed by atoms with van der Waals surface area (Å²) in [5.41, 5.74) is 1.43. The van der Waals surface area contributed by atoms with E-state index >= 15 is 0 Å². The minimum atomic E-state index is -0.621. The Bertz CT molecular complexity index is 723. The predicted octanol–water partition coefficient (Wildman–Crippen LogP) is 2.87. The van der Waals surface area contributed by atoms with E-state index in [0.717, 1.165) is 0 Å². The van der Waals surface area contributed by atoms with Gasteiger partial charge in [-0.3, -0.25) is 0 Å². The highest BCUT2D eigenvalue weighted by Gasteiger charge is 2.19. The van der Waals surface area contributed by atoms with Gasteiger partial charge in [0.05, 0.1) is 28.4 Å². The molecule has 0 saturated carbocycles. The molecule has 0 unspecified atom stereocenters. The van der Waals surface area contributed by atoms with Crippen molar-refractivity contribution in [3.8, 4) is 34.1 Å². The van der Waals surface area contributed by atoms with E-state index < -0.39 is 5.97 Å². The van der Waals surface area contributed by atoms with Gasteiger partial charge in [-0.15, -0.1) is 0 Å². The topological polar surface area (TPSA) is 74.2 Å². The molecule has 2 aromatic carbocycles. The fourth-order valence-corrected chi connectivity index (χ4v) is 2.31. The number of esters is 1. The van der Waals surface area contributed by atoms with Gasteiger partial charge < -0.3 is 24.1 Å². The largest absolute Gasteiger partial charge is 0.507 e. The number of methoxy groups -OCH3 is 4. The molecule has 0 amide bonds. The van der Waals surface area contributed by atoms with Crippen LogP contribution in [0.4, 0.5) is 0 Å². The third kappa shape index (κ3) is 3.01. The van der Waals surface area contributed by atoms with Crippen LogP contribution in [0.15, 0.2) is 30.3 Å². The molecule has 0 fully saturated rings. The number of hydrogen-bond donors (Lipinski definition) is 1. The van der Waals surface area contributed by atoms with Crippen LogP contribution in [0.25, 0.3) is 11.1 Å². The summed E-state index contributed by atoms with van der Waals surface area (Å²) in [6.07, 6.45) is 0. The van der Waals surface area contributed by atoms with Crippen molar-refractivity contribution in [1.82, 2.24) is 0 Å². The Balaban J connectivity index is 2.65. The van der Waals surface area contributed by atoms with Gasteiger partial charge in [0, 0.05) is 5.56 Å². The van der Waals surface area contributed by atoms with Gasteiger partial charge >= 0.3 is 5.97 Å². The number of phenolic OH excluding ortho intramolecular Hbond substituents is 1. The van der Waals surface area contributed by atoms with Crippen LogP contribution in [0.5, 0.6) is 23.0 Å². The lowest BCUT2D eigenvalue weighted by Crippen LogP contribution is -2.02. The molecule has 0 bridgehead atoms. The molecule has 0 aliphatic rings. The normalized spacial score (nSPS) is 10.1. The number of rotatable bonds is 5. The monoisotopic (exact) mass is 318 g/mol. The van der Waals surface area contributed by atoms with Crippen molar-refractivity contribution in [3.63, 3.8) is 0 Å².